The number of carboxylic acid groups (broad SMARTS) is 1. The van der Waals surface area contributed by atoms with Crippen molar-refractivity contribution in [3.63, 3.8) is 0 Å². The minimum absolute atomic E-state index is 0.00450. The highest BCUT2D eigenvalue weighted by Crippen LogP contribution is 2.51. The van der Waals surface area contributed by atoms with Gasteiger partial charge in [0.05, 0.1) is 16.9 Å². The average Bonchev–Trinajstić information content (AvgIpc) is 3.24. The lowest BCUT2D eigenvalue weighted by atomic mass is 9.78. The van der Waals surface area contributed by atoms with Gasteiger partial charge in [0, 0.05) is 44.0 Å². The number of aromatic nitrogens is 1. The second-order valence-electron chi connectivity index (χ2n) is 10.5. The Morgan fingerprint density at radius 3 is 2.56 bits per heavy atom. The van der Waals surface area contributed by atoms with E-state index in [2.05, 4.69) is 10.3 Å². The van der Waals surface area contributed by atoms with E-state index in [4.69, 9.17) is 4.74 Å². The van der Waals surface area contributed by atoms with Crippen molar-refractivity contribution in [3.05, 3.63) is 29.1 Å². The Balaban J connectivity index is 1.59. The SMILES string of the molecule is CC(C)(C)OC(=O)NC1CC2C(=O)N(C(=O)O)CC2(C(=O)N2CCc3ncc(C(F)(F)F)cc3C2)C1. The molecule has 1 saturated carbocycles. The summed E-state index contributed by atoms with van der Waals surface area (Å²) in [5.41, 5.74) is -2.44. The molecule has 0 bridgehead atoms. The Bertz CT molecular complexity index is 1120. The van der Waals surface area contributed by atoms with Crippen molar-refractivity contribution >= 4 is 24.0 Å². The molecule has 36 heavy (non-hydrogen) atoms. The molecule has 3 unspecified atom stereocenters. The summed E-state index contributed by atoms with van der Waals surface area (Å²) in [4.78, 5) is 56.6. The van der Waals surface area contributed by atoms with E-state index in [0.717, 1.165) is 12.3 Å². The van der Waals surface area contributed by atoms with E-state index in [1.54, 1.807) is 20.8 Å². The molecule has 3 heterocycles. The standard InChI is InChI=1S/C23H27F3N4O6/c1-21(2,3)36-19(33)28-14-7-15-17(31)30(20(34)35)11-22(15,8-14)18(32)29-5-4-16-12(10-29)6-13(9-27-16)23(24,25)26/h6,9,14-15H,4-5,7-8,10-11H2,1-3H3,(H,28,33)(H,34,35). The van der Waals surface area contributed by atoms with Gasteiger partial charge >= 0.3 is 18.4 Å². The van der Waals surface area contributed by atoms with Gasteiger partial charge in [0.1, 0.15) is 5.60 Å². The zero-order chi connectivity index (χ0) is 26.6. The van der Waals surface area contributed by atoms with Crippen molar-refractivity contribution in [3.8, 4) is 0 Å². The van der Waals surface area contributed by atoms with Crippen LogP contribution in [-0.4, -0.2) is 68.6 Å². The number of carbonyl (C=O) groups is 4. The number of alkyl carbamates (subject to hydrolysis) is 1. The third kappa shape index (κ3) is 4.70. The Kier molecular flexibility index (Phi) is 6.16. The van der Waals surface area contributed by atoms with Crippen LogP contribution in [0.5, 0.6) is 0 Å². The fourth-order valence-corrected chi connectivity index (χ4v) is 5.36. The minimum atomic E-state index is -4.59. The molecule has 10 nitrogen and oxygen atoms in total. The number of halogens is 3. The second kappa shape index (κ2) is 8.63. The first-order valence-corrected chi connectivity index (χ1v) is 11.5. The lowest BCUT2D eigenvalue weighted by Gasteiger charge is -2.36. The highest BCUT2D eigenvalue weighted by Gasteiger charge is 2.64. The van der Waals surface area contributed by atoms with Crippen LogP contribution in [0.3, 0.4) is 0 Å². The Labute approximate surface area is 204 Å². The molecule has 1 aliphatic carbocycles. The van der Waals surface area contributed by atoms with E-state index in [1.807, 2.05) is 0 Å². The zero-order valence-electron chi connectivity index (χ0n) is 20.0. The predicted molar refractivity (Wildman–Crippen MR) is 116 cm³/mol. The normalized spacial score (nSPS) is 25.9. The number of alkyl halides is 3. The Morgan fingerprint density at radius 2 is 1.94 bits per heavy atom. The summed E-state index contributed by atoms with van der Waals surface area (Å²) in [5, 5.41) is 12.2. The van der Waals surface area contributed by atoms with Crippen LogP contribution in [0.4, 0.5) is 22.8 Å². The van der Waals surface area contributed by atoms with Crippen molar-refractivity contribution in [1.82, 2.24) is 20.1 Å². The van der Waals surface area contributed by atoms with Crippen LogP contribution < -0.4 is 5.32 Å². The van der Waals surface area contributed by atoms with Crippen molar-refractivity contribution in [1.29, 1.82) is 0 Å². The molecule has 4 amide bonds. The van der Waals surface area contributed by atoms with E-state index < -0.39 is 58.7 Å². The number of amides is 4. The van der Waals surface area contributed by atoms with E-state index in [0.29, 0.717) is 10.6 Å². The van der Waals surface area contributed by atoms with Gasteiger partial charge in [0.15, 0.2) is 0 Å². The van der Waals surface area contributed by atoms with Gasteiger partial charge in [-0.3, -0.25) is 14.6 Å². The highest BCUT2D eigenvalue weighted by atomic mass is 19.4. The van der Waals surface area contributed by atoms with Gasteiger partial charge in [0.2, 0.25) is 11.8 Å². The summed E-state index contributed by atoms with van der Waals surface area (Å²) in [6.07, 6.45) is -5.79. The van der Waals surface area contributed by atoms with E-state index in [1.165, 1.54) is 4.90 Å². The van der Waals surface area contributed by atoms with Crippen LogP contribution >= 0.6 is 0 Å². The zero-order valence-corrected chi connectivity index (χ0v) is 20.0. The monoisotopic (exact) mass is 512 g/mol. The van der Waals surface area contributed by atoms with E-state index in [-0.39, 0.29) is 44.5 Å². The number of likely N-dealkylation sites (tertiary alicyclic amines) is 1. The van der Waals surface area contributed by atoms with E-state index in [9.17, 15) is 37.5 Å². The third-order valence-corrected chi connectivity index (χ3v) is 6.83. The second-order valence-corrected chi connectivity index (χ2v) is 10.5. The highest BCUT2D eigenvalue weighted by molar-refractivity contribution is 6.01. The first kappa shape index (κ1) is 25.7. The first-order chi connectivity index (χ1) is 16.6. The predicted octanol–water partition coefficient (Wildman–Crippen LogP) is 2.80. The average molecular weight is 512 g/mol. The summed E-state index contributed by atoms with van der Waals surface area (Å²) in [5.74, 6) is -2.26. The Hall–Kier alpha value is -3.38. The van der Waals surface area contributed by atoms with Crippen LogP contribution in [0.2, 0.25) is 0 Å². The van der Waals surface area contributed by atoms with Gasteiger partial charge in [-0.25, -0.2) is 14.5 Å². The number of fused-ring (bicyclic) bond motifs is 2. The summed E-state index contributed by atoms with van der Waals surface area (Å²) in [7, 11) is 0. The maximum atomic E-state index is 13.8. The van der Waals surface area contributed by atoms with E-state index >= 15 is 0 Å². The molecule has 196 valence electrons. The number of hydrogen-bond donors (Lipinski definition) is 2. The molecule has 0 radical (unpaired) electrons. The molecule has 0 spiro atoms. The van der Waals surface area contributed by atoms with Gasteiger partial charge < -0.3 is 20.1 Å². The number of carbonyl (C=O) groups excluding carboxylic acids is 3. The number of nitrogens with one attached hydrogen (secondary N) is 1. The van der Waals surface area contributed by atoms with Crippen molar-refractivity contribution < 1.29 is 42.2 Å². The number of rotatable bonds is 2. The molecule has 1 aromatic heterocycles. The van der Waals surface area contributed by atoms with Crippen molar-refractivity contribution in [2.45, 2.75) is 64.4 Å². The number of ether oxygens (including phenoxy) is 1. The molecule has 1 aromatic rings. The van der Waals surface area contributed by atoms with Gasteiger partial charge in [-0.2, -0.15) is 13.2 Å². The van der Waals surface area contributed by atoms with Crippen LogP contribution in [0, 0.1) is 11.3 Å². The quantitative estimate of drug-likeness (QED) is 0.623. The van der Waals surface area contributed by atoms with Crippen LogP contribution in [0.1, 0.15) is 50.4 Å². The molecule has 13 heteroatoms. The number of pyridine rings is 1. The molecule has 0 aromatic carbocycles. The topological polar surface area (TPSA) is 129 Å². The molecule has 2 fully saturated rings. The third-order valence-electron chi connectivity index (χ3n) is 6.83. The summed E-state index contributed by atoms with van der Waals surface area (Å²) in [6, 6.07) is 0.339. The van der Waals surface area contributed by atoms with Crippen LogP contribution in [-0.2, 0) is 33.5 Å². The lowest BCUT2D eigenvalue weighted by molar-refractivity contribution is -0.145. The molecule has 3 atom stereocenters. The summed E-state index contributed by atoms with van der Waals surface area (Å²) in [6.45, 7) is 4.67. The van der Waals surface area contributed by atoms with Gasteiger partial charge in [-0.15, -0.1) is 0 Å². The maximum Gasteiger partial charge on any atom is 0.417 e. The van der Waals surface area contributed by atoms with Gasteiger partial charge in [-0.1, -0.05) is 0 Å². The van der Waals surface area contributed by atoms with Crippen LogP contribution in [0.25, 0.3) is 0 Å². The largest absolute Gasteiger partial charge is 0.465 e. The fourth-order valence-electron chi connectivity index (χ4n) is 5.36. The minimum Gasteiger partial charge on any atom is -0.465 e. The smallest absolute Gasteiger partial charge is 0.417 e. The van der Waals surface area contributed by atoms with Crippen LogP contribution in [0.15, 0.2) is 12.3 Å². The van der Waals surface area contributed by atoms with Crippen molar-refractivity contribution in [2.24, 2.45) is 11.3 Å². The van der Waals surface area contributed by atoms with Crippen molar-refractivity contribution in [2.75, 3.05) is 13.1 Å². The molecular formula is C23H27F3N4O6. The maximum absolute atomic E-state index is 13.8. The summed E-state index contributed by atoms with van der Waals surface area (Å²) < 4.78 is 44.8. The number of nitrogens with zero attached hydrogens (tertiary/aromatic N) is 3. The molecule has 1 saturated heterocycles. The molecule has 2 aliphatic heterocycles. The molecule has 2 N–H and O–H groups in total. The molecular weight excluding hydrogens is 485 g/mol. The lowest BCUT2D eigenvalue weighted by Crippen LogP contribution is -2.49. The first-order valence-electron chi connectivity index (χ1n) is 11.5. The Morgan fingerprint density at radius 1 is 1.25 bits per heavy atom. The fraction of sp³-hybridized carbons (Fsp3) is 0.609. The van der Waals surface area contributed by atoms with Gasteiger partial charge in [0.25, 0.3) is 0 Å². The molecule has 4 rings (SSSR count). The number of hydrogen-bond acceptors (Lipinski definition) is 6. The molecule has 3 aliphatic rings. The number of imide groups is 1. The van der Waals surface area contributed by atoms with Gasteiger partial charge in [-0.05, 0) is 45.2 Å². The summed E-state index contributed by atoms with van der Waals surface area (Å²) >= 11 is 0.